The number of H-pyrrole nitrogens is 1. The van der Waals surface area contributed by atoms with Crippen molar-refractivity contribution in [3.8, 4) is 11.1 Å². The fourth-order valence-corrected chi connectivity index (χ4v) is 3.00. The second-order valence-corrected chi connectivity index (χ2v) is 5.90. The minimum Gasteiger partial charge on any atom is -0.345 e. The Morgan fingerprint density at radius 1 is 0.852 bits per heavy atom. The molecule has 0 radical (unpaired) electrons. The highest BCUT2D eigenvalue weighted by atomic mass is 19.1. The molecule has 0 aliphatic rings. The standard InChI is InChI=1S/C20H10F4N2O/c21-11-1-2-15(17(24)8-11)19(27)16-9-26-20-18(16)14(3-4-25-20)10-5-12(22)7-13(23)6-10/h1-9H,(H,25,26). The first-order chi connectivity index (χ1) is 12.9. The Hall–Kier alpha value is -3.48. The molecule has 0 spiro atoms. The van der Waals surface area contributed by atoms with Gasteiger partial charge >= 0.3 is 0 Å². The van der Waals surface area contributed by atoms with Crippen molar-refractivity contribution in [2.45, 2.75) is 0 Å². The predicted octanol–water partition coefficient (Wildman–Crippen LogP) is 5.02. The van der Waals surface area contributed by atoms with E-state index in [1.807, 2.05) is 0 Å². The monoisotopic (exact) mass is 370 g/mol. The van der Waals surface area contributed by atoms with Gasteiger partial charge in [0, 0.05) is 29.9 Å². The molecule has 2 aromatic heterocycles. The van der Waals surface area contributed by atoms with E-state index in [0.29, 0.717) is 17.3 Å². The molecule has 2 heterocycles. The van der Waals surface area contributed by atoms with Crippen LogP contribution in [-0.4, -0.2) is 15.8 Å². The predicted molar refractivity (Wildman–Crippen MR) is 91.2 cm³/mol. The molecule has 3 nitrogen and oxygen atoms in total. The van der Waals surface area contributed by atoms with E-state index in [9.17, 15) is 22.4 Å². The number of nitrogens with zero attached hydrogens (tertiary/aromatic N) is 1. The Kier molecular flexibility index (Phi) is 3.99. The highest BCUT2D eigenvalue weighted by molar-refractivity contribution is 6.18. The molecule has 0 atom stereocenters. The van der Waals surface area contributed by atoms with E-state index in [-0.39, 0.29) is 22.1 Å². The van der Waals surface area contributed by atoms with Gasteiger partial charge in [0.25, 0.3) is 0 Å². The number of aromatic amines is 1. The number of halogens is 4. The largest absolute Gasteiger partial charge is 0.345 e. The van der Waals surface area contributed by atoms with Crippen LogP contribution in [0, 0.1) is 23.3 Å². The molecule has 0 bridgehead atoms. The first-order valence-corrected chi connectivity index (χ1v) is 7.86. The van der Waals surface area contributed by atoms with Crippen molar-refractivity contribution >= 4 is 16.8 Å². The maximum Gasteiger partial charge on any atom is 0.198 e. The van der Waals surface area contributed by atoms with E-state index in [2.05, 4.69) is 9.97 Å². The third-order valence-electron chi connectivity index (χ3n) is 4.17. The van der Waals surface area contributed by atoms with Gasteiger partial charge in [0.15, 0.2) is 5.78 Å². The number of hydrogen-bond acceptors (Lipinski definition) is 2. The second kappa shape index (κ2) is 6.35. The summed E-state index contributed by atoms with van der Waals surface area (Å²) in [7, 11) is 0. The highest BCUT2D eigenvalue weighted by Crippen LogP contribution is 2.32. The van der Waals surface area contributed by atoms with E-state index in [4.69, 9.17) is 0 Å². The summed E-state index contributed by atoms with van der Waals surface area (Å²) in [4.78, 5) is 19.7. The zero-order valence-corrected chi connectivity index (χ0v) is 13.6. The van der Waals surface area contributed by atoms with Crippen LogP contribution in [0.3, 0.4) is 0 Å². The van der Waals surface area contributed by atoms with Gasteiger partial charge in [-0.1, -0.05) is 0 Å². The summed E-state index contributed by atoms with van der Waals surface area (Å²) in [6, 6.07) is 7.12. The number of carbonyl (C=O) groups is 1. The SMILES string of the molecule is O=C(c1ccc(F)cc1F)c1c[nH]c2nccc(-c3cc(F)cc(F)c3)c12. The van der Waals surface area contributed by atoms with Crippen LogP contribution in [0.15, 0.2) is 54.9 Å². The summed E-state index contributed by atoms with van der Waals surface area (Å²) in [5.41, 5.74) is 0.586. The number of hydrogen-bond donors (Lipinski definition) is 1. The molecule has 1 N–H and O–H groups in total. The Bertz CT molecular complexity index is 1180. The van der Waals surface area contributed by atoms with E-state index in [1.54, 1.807) is 0 Å². The maximum absolute atomic E-state index is 14.0. The first-order valence-electron chi connectivity index (χ1n) is 7.86. The van der Waals surface area contributed by atoms with E-state index >= 15 is 0 Å². The lowest BCUT2D eigenvalue weighted by molar-refractivity contribution is 0.103. The van der Waals surface area contributed by atoms with Crippen molar-refractivity contribution in [1.29, 1.82) is 0 Å². The molecule has 134 valence electrons. The summed E-state index contributed by atoms with van der Waals surface area (Å²) in [6.07, 6.45) is 2.76. The zero-order valence-electron chi connectivity index (χ0n) is 13.6. The molecule has 0 fully saturated rings. The molecule has 0 unspecified atom stereocenters. The third-order valence-corrected chi connectivity index (χ3v) is 4.17. The van der Waals surface area contributed by atoms with Crippen molar-refractivity contribution in [3.63, 3.8) is 0 Å². The van der Waals surface area contributed by atoms with Crippen LogP contribution in [0.2, 0.25) is 0 Å². The number of pyridine rings is 1. The number of fused-ring (bicyclic) bond motifs is 1. The lowest BCUT2D eigenvalue weighted by atomic mass is 9.97. The number of nitrogens with one attached hydrogen (secondary N) is 1. The van der Waals surface area contributed by atoms with Gasteiger partial charge in [-0.05, 0) is 41.5 Å². The minimum absolute atomic E-state index is 0.0586. The van der Waals surface area contributed by atoms with Crippen LogP contribution >= 0.6 is 0 Å². The van der Waals surface area contributed by atoms with Crippen LogP contribution in [0.25, 0.3) is 22.2 Å². The fraction of sp³-hybridized carbons (Fsp3) is 0. The summed E-state index contributed by atoms with van der Waals surface area (Å²) in [5, 5.41) is 0.288. The van der Waals surface area contributed by atoms with Gasteiger partial charge in [-0.25, -0.2) is 22.5 Å². The van der Waals surface area contributed by atoms with E-state index < -0.39 is 29.1 Å². The smallest absolute Gasteiger partial charge is 0.198 e. The average molecular weight is 370 g/mol. The minimum atomic E-state index is -1.00. The van der Waals surface area contributed by atoms with Crippen LogP contribution in [0.5, 0.6) is 0 Å². The summed E-state index contributed by atoms with van der Waals surface area (Å²) in [6.45, 7) is 0. The van der Waals surface area contributed by atoms with Gasteiger partial charge < -0.3 is 4.98 Å². The van der Waals surface area contributed by atoms with Crippen molar-refractivity contribution in [3.05, 3.63) is 89.3 Å². The van der Waals surface area contributed by atoms with Gasteiger partial charge in [0.1, 0.15) is 28.9 Å². The summed E-state index contributed by atoms with van der Waals surface area (Å²) >= 11 is 0. The highest BCUT2D eigenvalue weighted by Gasteiger charge is 2.21. The van der Waals surface area contributed by atoms with Gasteiger partial charge in [0.2, 0.25) is 0 Å². The molecule has 0 amide bonds. The van der Waals surface area contributed by atoms with E-state index in [0.717, 1.165) is 30.3 Å². The topological polar surface area (TPSA) is 45.8 Å². The lowest BCUT2D eigenvalue weighted by Gasteiger charge is -2.07. The van der Waals surface area contributed by atoms with Gasteiger partial charge in [-0.2, -0.15) is 0 Å². The van der Waals surface area contributed by atoms with Gasteiger partial charge in [-0.3, -0.25) is 4.79 Å². The fourth-order valence-electron chi connectivity index (χ4n) is 3.00. The molecule has 0 saturated heterocycles. The molecule has 2 aromatic carbocycles. The third kappa shape index (κ3) is 2.97. The van der Waals surface area contributed by atoms with Crippen molar-refractivity contribution in [2.24, 2.45) is 0 Å². The number of benzene rings is 2. The van der Waals surface area contributed by atoms with Crippen molar-refractivity contribution < 1.29 is 22.4 Å². The average Bonchev–Trinajstić information content (AvgIpc) is 3.04. The molecular formula is C20H10F4N2O. The second-order valence-electron chi connectivity index (χ2n) is 5.90. The Morgan fingerprint density at radius 2 is 1.59 bits per heavy atom. The first kappa shape index (κ1) is 17.0. The van der Waals surface area contributed by atoms with Crippen LogP contribution in [0.4, 0.5) is 17.6 Å². The van der Waals surface area contributed by atoms with Crippen molar-refractivity contribution in [1.82, 2.24) is 9.97 Å². The van der Waals surface area contributed by atoms with E-state index in [1.165, 1.54) is 18.5 Å². The Morgan fingerprint density at radius 3 is 2.30 bits per heavy atom. The van der Waals surface area contributed by atoms with Crippen LogP contribution in [-0.2, 0) is 0 Å². The molecule has 27 heavy (non-hydrogen) atoms. The molecule has 4 rings (SSSR count). The summed E-state index contributed by atoms with van der Waals surface area (Å²) in [5.74, 6) is -4.06. The van der Waals surface area contributed by atoms with Gasteiger partial charge in [-0.15, -0.1) is 0 Å². The Labute approximate surface area is 150 Å². The number of ketones is 1. The van der Waals surface area contributed by atoms with Crippen LogP contribution in [0.1, 0.15) is 15.9 Å². The molecule has 7 heteroatoms. The molecule has 4 aromatic rings. The maximum atomic E-state index is 14.0. The number of aromatic nitrogens is 2. The molecule has 0 aliphatic carbocycles. The molecule has 0 saturated carbocycles. The lowest BCUT2D eigenvalue weighted by Crippen LogP contribution is -2.04. The zero-order chi connectivity index (χ0) is 19.1. The normalized spacial score (nSPS) is 11.1. The quantitative estimate of drug-likeness (QED) is 0.407. The Balaban J connectivity index is 1.94. The van der Waals surface area contributed by atoms with Crippen molar-refractivity contribution in [2.75, 3.05) is 0 Å². The van der Waals surface area contributed by atoms with Crippen LogP contribution < -0.4 is 0 Å². The summed E-state index contributed by atoms with van der Waals surface area (Å²) < 4.78 is 54.4. The molecular weight excluding hydrogens is 360 g/mol. The molecule has 0 aliphatic heterocycles. The number of rotatable bonds is 3. The number of carbonyl (C=O) groups excluding carboxylic acids is 1. The van der Waals surface area contributed by atoms with Gasteiger partial charge in [0.05, 0.1) is 11.1 Å².